The van der Waals surface area contributed by atoms with Gasteiger partial charge >= 0.3 is 6.85 Å². The molecular weight excluding hydrogens is 357 g/mol. The number of hydrogen-bond donors (Lipinski definition) is 0. The van der Waals surface area contributed by atoms with Crippen LogP contribution in [0.5, 0.6) is 0 Å². The molecule has 4 nitrogen and oxygen atoms in total. The maximum atomic E-state index is 6.32. The highest BCUT2D eigenvalue weighted by atomic mass is 16.3. The lowest BCUT2D eigenvalue weighted by molar-refractivity contribution is -0.654. The molecule has 5 heteroatoms. The lowest BCUT2D eigenvalue weighted by atomic mass is 9.51. The highest BCUT2D eigenvalue weighted by Crippen LogP contribution is 2.28. The number of benzene rings is 1. The third-order valence-corrected chi connectivity index (χ3v) is 5.82. The fraction of sp³-hybridized carbons (Fsp3) is 0.167. The Morgan fingerprint density at radius 2 is 1.86 bits per heavy atom. The molecule has 142 valence electrons. The van der Waals surface area contributed by atoms with Gasteiger partial charge in [-0.1, -0.05) is 30.3 Å². The molecule has 4 heterocycles. The lowest BCUT2D eigenvalue weighted by Gasteiger charge is -2.26. The number of aromatic nitrogens is 2. The van der Waals surface area contributed by atoms with E-state index in [2.05, 4.69) is 97.2 Å². The molecule has 0 bridgehead atoms. The second-order valence-electron chi connectivity index (χ2n) is 7.85. The Morgan fingerprint density at radius 1 is 1.07 bits per heavy atom. The van der Waals surface area contributed by atoms with Gasteiger partial charge in [0.1, 0.15) is 12.7 Å². The fourth-order valence-electron chi connectivity index (χ4n) is 4.52. The number of furan rings is 1. The molecule has 0 saturated carbocycles. The standard InChI is InChI=1S/C24H23BN3O/c1-16-14-27(3)21(13-20(16)18-9-6-5-7-10-18)25-23-22(17(2)15-28(25)4)19-11-8-12-26-24(19)29-23/h5-15H,1-4H3/q+1. The van der Waals surface area contributed by atoms with E-state index < -0.39 is 0 Å². The summed E-state index contributed by atoms with van der Waals surface area (Å²) in [7, 11) is 4.22. The number of pyridine rings is 2. The number of allylic oxidation sites excluding steroid dienone is 1. The molecule has 0 fully saturated rings. The average molecular weight is 380 g/mol. The zero-order valence-corrected chi connectivity index (χ0v) is 17.2. The predicted octanol–water partition coefficient (Wildman–Crippen LogP) is 3.04. The normalized spacial score (nSPS) is 13.6. The Balaban J connectivity index is 1.75. The van der Waals surface area contributed by atoms with Crippen molar-refractivity contribution in [2.24, 2.45) is 7.05 Å². The molecule has 0 N–H and O–H groups in total. The first kappa shape index (κ1) is 17.7. The zero-order chi connectivity index (χ0) is 20.1. The van der Waals surface area contributed by atoms with Crippen molar-refractivity contribution < 1.29 is 8.98 Å². The summed E-state index contributed by atoms with van der Waals surface area (Å²) in [4.78, 5) is 6.69. The van der Waals surface area contributed by atoms with E-state index in [1.165, 1.54) is 27.9 Å². The van der Waals surface area contributed by atoms with Crippen molar-refractivity contribution in [3.8, 4) is 11.1 Å². The van der Waals surface area contributed by atoms with Gasteiger partial charge in [-0.3, -0.25) is 0 Å². The molecule has 0 radical (unpaired) electrons. The van der Waals surface area contributed by atoms with Crippen LogP contribution in [0.2, 0.25) is 0 Å². The van der Waals surface area contributed by atoms with Crippen LogP contribution in [0.15, 0.2) is 71.5 Å². The first-order valence-electron chi connectivity index (χ1n) is 9.88. The van der Waals surface area contributed by atoms with E-state index in [1.54, 1.807) is 6.20 Å². The van der Waals surface area contributed by atoms with E-state index in [1.807, 2.05) is 6.07 Å². The minimum Gasteiger partial charge on any atom is -0.449 e. The van der Waals surface area contributed by atoms with Crippen LogP contribution in [0.1, 0.15) is 18.1 Å². The summed E-state index contributed by atoms with van der Waals surface area (Å²) in [5, 5.41) is 1.08. The summed E-state index contributed by atoms with van der Waals surface area (Å²) < 4.78 is 8.53. The molecule has 5 rings (SSSR count). The minimum absolute atomic E-state index is 0.0176. The summed E-state index contributed by atoms with van der Waals surface area (Å²) >= 11 is 0. The van der Waals surface area contributed by atoms with Crippen molar-refractivity contribution in [3.63, 3.8) is 0 Å². The first-order chi connectivity index (χ1) is 14.0. The maximum Gasteiger partial charge on any atom is 0.443 e. The molecule has 1 aliphatic rings. The summed E-state index contributed by atoms with van der Waals surface area (Å²) in [6, 6.07) is 16.9. The second kappa shape index (κ2) is 6.62. The van der Waals surface area contributed by atoms with Gasteiger partial charge in [0.05, 0.1) is 0 Å². The van der Waals surface area contributed by atoms with Gasteiger partial charge in [0, 0.05) is 28.8 Å². The van der Waals surface area contributed by atoms with Crippen molar-refractivity contribution in [3.05, 3.63) is 78.3 Å². The molecular formula is C24H23BN3O+. The van der Waals surface area contributed by atoms with Crippen LogP contribution in [-0.2, 0) is 7.05 Å². The molecule has 0 unspecified atom stereocenters. The van der Waals surface area contributed by atoms with Crippen LogP contribution in [0.25, 0.3) is 27.8 Å². The largest absolute Gasteiger partial charge is 0.449 e. The monoisotopic (exact) mass is 380 g/mol. The second-order valence-corrected chi connectivity index (χ2v) is 7.85. The minimum atomic E-state index is -0.0176. The van der Waals surface area contributed by atoms with Gasteiger partial charge in [0.25, 0.3) is 0 Å². The molecule has 29 heavy (non-hydrogen) atoms. The molecule has 4 aromatic rings. The Morgan fingerprint density at radius 3 is 2.66 bits per heavy atom. The SMILES string of the molecule is CC1=CN(C)B(c2cc(-c3ccccc3)c(C)c[n+]2C)c2oc3ncccc3c21. The van der Waals surface area contributed by atoms with E-state index in [-0.39, 0.29) is 6.85 Å². The third-order valence-electron chi connectivity index (χ3n) is 5.82. The van der Waals surface area contributed by atoms with Crippen molar-refractivity contribution >= 4 is 34.8 Å². The third kappa shape index (κ3) is 2.77. The maximum absolute atomic E-state index is 6.32. The molecule has 0 saturated heterocycles. The van der Waals surface area contributed by atoms with Gasteiger partial charge in [-0.2, -0.15) is 0 Å². The van der Waals surface area contributed by atoms with Gasteiger partial charge in [-0.15, -0.1) is 0 Å². The van der Waals surface area contributed by atoms with Crippen LogP contribution in [0.4, 0.5) is 0 Å². The zero-order valence-electron chi connectivity index (χ0n) is 17.2. The van der Waals surface area contributed by atoms with Crippen LogP contribution in [0, 0.1) is 6.92 Å². The van der Waals surface area contributed by atoms with Gasteiger partial charge in [-0.05, 0) is 55.9 Å². The van der Waals surface area contributed by atoms with Crippen molar-refractivity contribution in [1.82, 2.24) is 9.79 Å². The van der Waals surface area contributed by atoms with E-state index in [0.29, 0.717) is 5.71 Å². The van der Waals surface area contributed by atoms with Crippen LogP contribution in [0.3, 0.4) is 0 Å². The van der Waals surface area contributed by atoms with E-state index in [9.17, 15) is 0 Å². The Hall–Kier alpha value is -3.34. The Labute approximate surface area is 171 Å². The van der Waals surface area contributed by atoms with Gasteiger partial charge < -0.3 is 9.23 Å². The predicted molar refractivity (Wildman–Crippen MR) is 118 cm³/mol. The van der Waals surface area contributed by atoms with E-state index in [4.69, 9.17) is 4.42 Å². The van der Waals surface area contributed by atoms with Gasteiger partial charge in [0.2, 0.25) is 5.71 Å². The fourth-order valence-corrected chi connectivity index (χ4v) is 4.52. The Kier molecular flexibility index (Phi) is 4.05. The Bertz CT molecular complexity index is 1260. The number of fused-ring (bicyclic) bond motifs is 3. The summed E-state index contributed by atoms with van der Waals surface area (Å²) in [5.41, 5.74) is 8.92. The molecule has 0 spiro atoms. The van der Waals surface area contributed by atoms with Crippen LogP contribution < -0.4 is 15.8 Å². The van der Waals surface area contributed by atoms with Gasteiger partial charge in [0.15, 0.2) is 11.8 Å². The summed E-state index contributed by atoms with van der Waals surface area (Å²) in [6.07, 6.45) is 6.20. The quantitative estimate of drug-likeness (QED) is 0.396. The smallest absolute Gasteiger partial charge is 0.443 e. The number of aryl methyl sites for hydroxylation is 2. The summed E-state index contributed by atoms with van der Waals surface area (Å²) in [5.74, 6) is 0. The molecule has 1 aliphatic heterocycles. The van der Waals surface area contributed by atoms with Gasteiger partial charge in [-0.25, -0.2) is 9.55 Å². The van der Waals surface area contributed by atoms with E-state index >= 15 is 0 Å². The summed E-state index contributed by atoms with van der Waals surface area (Å²) in [6.45, 7) is 4.28. The van der Waals surface area contributed by atoms with Crippen molar-refractivity contribution in [2.45, 2.75) is 13.8 Å². The molecule has 1 aromatic carbocycles. The van der Waals surface area contributed by atoms with Crippen molar-refractivity contribution in [1.29, 1.82) is 0 Å². The molecule has 0 aliphatic carbocycles. The van der Waals surface area contributed by atoms with Crippen LogP contribution >= 0.6 is 0 Å². The highest BCUT2D eigenvalue weighted by Gasteiger charge is 2.41. The first-order valence-corrected chi connectivity index (χ1v) is 9.88. The molecule has 0 atom stereocenters. The molecule has 3 aromatic heterocycles. The van der Waals surface area contributed by atoms with Crippen LogP contribution in [-0.4, -0.2) is 23.7 Å². The highest BCUT2D eigenvalue weighted by molar-refractivity contribution is 6.82. The number of rotatable bonds is 2. The average Bonchev–Trinajstić information content (AvgIpc) is 3.09. The van der Waals surface area contributed by atoms with E-state index in [0.717, 1.165) is 16.6 Å². The lowest BCUT2D eigenvalue weighted by Crippen LogP contribution is -2.65. The number of hydrogen-bond acceptors (Lipinski definition) is 3. The number of nitrogens with zero attached hydrogens (tertiary/aromatic N) is 3. The molecule has 0 amide bonds. The topological polar surface area (TPSA) is 33.2 Å². The van der Waals surface area contributed by atoms with Crippen molar-refractivity contribution in [2.75, 3.05) is 7.05 Å².